The lowest BCUT2D eigenvalue weighted by atomic mass is 10.2. The third-order valence-electron chi connectivity index (χ3n) is 3.89. The van der Waals surface area contributed by atoms with Crippen LogP contribution in [0.15, 0.2) is 41.4 Å². The molecular formula is C19H23N5O2S. The Balaban J connectivity index is 1.67. The van der Waals surface area contributed by atoms with Gasteiger partial charge in [-0.3, -0.25) is 15.1 Å². The molecule has 2 heterocycles. The van der Waals surface area contributed by atoms with E-state index in [9.17, 15) is 4.79 Å². The molecule has 0 aliphatic heterocycles. The second-order valence-corrected chi connectivity index (χ2v) is 7.64. The molecule has 2 aromatic heterocycles. The molecule has 0 fully saturated rings. The first-order chi connectivity index (χ1) is 12.9. The van der Waals surface area contributed by atoms with Crippen molar-refractivity contribution < 1.29 is 9.53 Å². The van der Waals surface area contributed by atoms with Crippen molar-refractivity contribution in [1.29, 1.82) is 0 Å². The van der Waals surface area contributed by atoms with E-state index < -0.39 is 0 Å². The minimum atomic E-state index is -0.330. The molecule has 0 atom stereocenters. The molecule has 1 amide bonds. The first-order valence-corrected chi connectivity index (χ1v) is 9.27. The maximum absolute atomic E-state index is 12.1. The van der Waals surface area contributed by atoms with Gasteiger partial charge in [-0.05, 0) is 44.4 Å². The summed E-state index contributed by atoms with van der Waals surface area (Å²) in [6, 6.07) is 11.7. The summed E-state index contributed by atoms with van der Waals surface area (Å²) < 4.78 is 5.91. The van der Waals surface area contributed by atoms with Crippen LogP contribution in [0.1, 0.15) is 20.2 Å². The van der Waals surface area contributed by atoms with Crippen molar-refractivity contribution in [2.45, 2.75) is 13.2 Å². The molecule has 27 heavy (non-hydrogen) atoms. The van der Waals surface area contributed by atoms with Crippen molar-refractivity contribution >= 4 is 34.1 Å². The van der Waals surface area contributed by atoms with E-state index in [0.717, 1.165) is 23.2 Å². The second-order valence-electron chi connectivity index (χ2n) is 6.39. The number of benzene rings is 1. The summed E-state index contributed by atoms with van der Waals surface area (Å²) >= 11 is 1.75. The summed E-state index contributed by atoms with van der Waals surface area (Å²) in [4.78, 5) is 23.5. The predicted octanol–water partition coefficient (Wildman–Crippen LogP) is 2.54. The van der Waals surface area contributed by atoms with E-state index in [4.69, 9.17) is 10.5 Å². The molecule has 0 unspecified atom stereocenters. The molecule has 0 aliphatic rings. The SMILES string of the molecule is CN=C(N)NC(=O)c1cc2ccc(OCc3ccc(CN(C)C)s3)cc2[nH]1. The number of rotatable bonds is 6. The van der Waals surface area contributed by atoms with Crippen LogP contribution in [0.5, 0.6) is 5.75 Å². The molecule has 0 saturated carbocycles. The summed E-state index contributed by atoms with van der Waals surface area (Å²) in [6.07, 6.45) is 0. The molecule has 0 aliphatic carbocycles. The zero-order valence-corrected chi connectivity index (χ0v) is 16.4. The summed E-state index contributed by atoms with van der Waals surface area (Å²) in [5.74, 6) is 0.490. The highest BCUT2D eigenvalue weighted by Gasteiger charge is 2.11. The summed E-state index contributed by atoms with van der Waals surface area (Å²) in [5, 5.41) is 3.43. The molecule has 0 radical (unpaired) electrons. The molecule has 1 aromatic carbocycles. The van der Waals surface area contributed by atoms with E-state index in [1.54, 1.807) is 17.4 Å². The maximum atomic E-state index is 12.1. The monoisotopic (exact) mass is 385 g/mol. The van der Waals surface area contributed by atoms with Crippen LogP contribution in [0.4, 0.5) is 0 Å². The molecule has 8 heteroatoms. The Kier molecular flexibility index (Phi) is 5.78. The van der Waals surface area contributed by atoms with Gasteiger partial charge in [-0.2, -0.15) is 0 Å². The van der Waals surface area contributed by atoms with Crippen molar-refractivity contribution in [3.8, 4) is 5.75 Å². The molecule has 142 valence electrons. The third-order valence-corrected chi connectivity index (χ3v) is 4.94. The van der Waals surface area contributed by atoms with E-state index in [-0.39, 0.29) is 11.9 Å². The quantitative estimate of drug-likeness (QED) is 0.449. The Morgan fingerprint density at radius 1 is 1.26 bits per heavy atom. The fraction of sp³-hybridized carbons (Fsp3) is 0.263. The smallest absolute Gasteiger partial charge is 0.274 e. The number of hydrogen-bond donors (Lipinski definition) is 3. The highest BCUT2D eigenvalue weighted by atomic mass is 32.1. The van der Waals surface area contributed by atoms with Gasteiger partial charge in [0, 0.05) is 40.3 Å². The molecular weight excluding hydrogens is 362 g/mol. The van der Waals surface area contributed by atoms with Crippen molar-refractivity contribution in [2.24, 2.45) is 10.7 Å². The largest absolute Gasteiger partial charge is 0.488 e. The van der Waals surface area contributed by atoms with Gasteiger partial charge >= 0.3 is 0 Å². The van der Waals surface area contributed by atoms with Crippen LogP contribution in [0.3, 0.4) is 0 Å². The highest BCUT2D eigenvalue weighted by molar-refractivity contribution is 7.11. The van der Waals surface area contributed by atoms with Gasteiger partial charge in [-0.1, -0.05) is 0 Å². The van der Waals surface area contributed by atoms with Gasteiger partial charge in [-0.15, -0.1) is 11.3 Å². The Bertz CT molecular complexity index is 974. The number of amides is 1. The molecule has 3 aromatic rings. The number of aromatic nitrogens is 1. The number of carbonyl (C=O) groups excluding carboxylic acids is 1. The van der Waals surface area contributed by atoms with Gasteiger partial charge in [0.15, 0.2) is 5.96 Å². The lowest BCUT2D eigenvalue weighted by molar-refractivity contribution is 0.0972. The van der Waals surface area contributed by atoms with Crippen molar-refractivity contribution in [3.63, 3.8) is 0 Å². The Labute approximate surface area is 161 Å². The zero-order chi connectivity index (χ0) is 19.4. The number of ether oxygens (including phenoxy) is 1. The molecule has 7 nitrogen and oxygen atoms in total. The van der Waals surface area contributed by atoms with Gasteiger partial charge in [0.1, 0.15) is 18.1 Å². The Morgan fingerprint density at radius 3 is 2.78 bits per heavy atom. The average Bonchev–Trinajstić information content (AvgIpc) is 3.25. The minimum Gasteiger partial charge on any atom is -0.488 e. The van der Waals surface area contributed by atoms with Crippen molar-refractivity contribution in [2.75, 3.05) is 21.1 Å². The minimum absolute atomic E-state index is 0.0762. The second kappa shape index (κ2) is 8.24. The number of guanidine groups is 1. The van der Waals surface area contributed by atoms with Crippen molar-refractivity contribution in [3.05, 3.63) is 51.8 Å². The number of aliphatic imine (C=N–C) groups is 1. The fourth-order valence-electron chi connectivity index (χ4n) is 2.61. The Morgan fingerprint density at radius 2 is 2.04 bits per heavy atom. The number of fused-ring (bicyclic) bond motifs is 1. The molecule has 0 bridgehead atoms. The lowest BCUT2D eigenvalue weighted by Crippen LogP contribution is -2.36. The standard InChI is InChI=1S/C19H23N5O2S/c1-21-19(20)23-18(25)17-8-12-4-5-13(9-16(12)22-17)26-11-15-7-6-14(27-15)10-24(2)3/h4-9,22H,10-11H2,1-3H3,(H3,20,21,23,25). The number of H-pyrrole nitrogens is 1. The van der Waals surface area contributed by atoms with Crippen LogP contribution < -0.4 is 15.8 Å². The van der Waals surface area contributed by atoms with E-state index in [1.165, 1.54) is 16.8 Å². The zero-order valence-electron chi connectivity index (χ0n) is 15.6. The van der Waals surface area contributed by atoms with E-state index >= 15 is 0 Å². The first kappa shape index (κ1) is 18.9. The van der Waals surface area contributed by atoms with E-state index in [0.29, 0.717) is 12.3 Å². The van der Waals surface area contributed by atoms with E-state index in [1.807, 2.05) is 18.2 Å². The lowest BCUT2D eigenvalue weighted by Gasteiger charge is -2.06. The average molecular weight is 385 g/mol. The van der Waals surface area contributed by atoms with Crippen LogP contribution in [0.25, 0.3) is 10.9 Å². The summed E-state index contributed by atoms with van der Waals surface area (Å²) in [6.45, 7) is 1.44. The number of carbonyl (C=O) groups is 1. The topological polar surface area (TPSA) is 95.7 Å². The van der Waals surface area contributed by atoms with Crippen LogP contribution >= 0.6 is 11.3 Å². The fourth-order valence-corrected chi connectivity index (χ4v) is 3.66. The van der Waals surface area contributed by atoms with Crippen LogP contribution in [-0.2, 0) is 13.2 Å². The third kappa shape index (κ3) is 4.87. The molecule has 0 spiro atoms. The van der Waals surface area contributed by atoms with Gasteiger partial charge in [0.05, 0.1) is 0 Å². The molecule has 0 saturated heterocycles. The van der Waals surface area contributed by atoms with Crippen LogP contribution in [0.2, 0.25) is 0 Å². The number of nitrogens with two attached hydrogens (primary N) is 1. The normalized spacial score (nSPS) is 11.9. The van der Waals surface area contributed by atoms with Gasteiger partial charge in [-0.25, -0.2) is 0 Å². The molecule has 3 rings (SSSR count). The van der Waals surface area contributed by atoms with Crippen LogP contribution in [-0.4, -0.2) is 42.9 Å². The number of aromatic amines is 1. The first-order valence-electron chi connectivity index (χ1n) is 8.46. The highest BCUT2D eigenvalue weighted by Crippen LogP contribution is 2.24. The van der Waals surface area contributed by atoms with Gasteiger partial charge in [0.2, 0.25) is 0 Å². The number of hydrogen-bond acceptors (Lipinski definition) is 5. The maximum Gasteiger partial charge on any atom is 0.274 e. The van der Waals surface area contributed by atoms with E-state index in [2.05, 4.69) is 46.4 Å². The Hall–Kier alpha value is -2.84. The molecule has 4 N–H and O–H groups in total. The summed E-state index contributed by atoms with van der Waals surface area (Å²) in [5.41, 5.74) is 6.78. The van der Waals surface area contributed by atoms with Crippen molar-refractivity contribution in [1.82, 2.24) is 15.2 Å². The van der Waals surface area contributed by atoms with Crippen LogP contribution in [0, 0.1) is 0 Å². The number of nitrogens with zero attached hydrogens (tertiary/aromatic N) is 2. The summed E-state index contributed by atoms with van der Waals surface area (Å²) in [7, 11) is 5.63. The number of nitrogens with one attached hydrogen (secondary N) is 2. The van der Waals surface area contributed by atoms with Gasteiger partial charge in [0.25, 0.3) is 5.91 Å². The predicted molar refractivity (Wildman–Crippen MR) is 109 cm³/mol. The van der Waals surface area contributed by atoms with Gasteiger partial charge < -0.3 is 20.4 Å². The number of thiophene rings is 1.